The summed E-state index contributed by atoms with van der Waals surface area (Å²) in [5.74, 6) is 0. The van der Waals surface area contributed by atoms with Crippen molar-refractivity contribution in [2.24, 2.45) is 5.73 Å². The summed E-state index contributed by atoms with van der Waals surface area (Å²) in [5.41, 5.74) is 9.93. The lowest BCUT2D eigenvalue weighted by Gasteiger charge is -2.16. The minimum Gasteiger partial charge on any atom is -0.322 e. The van der Waals surface area contributed by atoms with Gasteiger partial charge in [-0.15, -0.1) is 0 Å². The first kappa shape index (κ1) is 9.60. The van der Waals surface area contributed by atoms with E-state index >= 15 is 0 Å². The molecule has 1 heterocycles. The maximum atomic E-state index is 6.27. The highest BCUT2D eigenvalue weighted by Crippen LogP contribution is 2.36. The molecule has 0 aliphatic heterocycles. The van der Waals surface area contributed by atoms with Crippen molar-refractivity contribution >= 4 is 0 Å². The Balaban J connectivity index is 1.98. The standard InChI is InChI=1S/C13H15N3/c1-9-6-7-16(15-9)12-8-10-4-2-3-5-11(10)13(12)14/h2-7,12-13H,8,14H2,1H3. The second-order valence-electron chi connectivity index (χ2n) is 4.43. The van der Waals surface area contributed by atoms with Crippen LogP contribution < -0.4 is 5.73 Å². The van der Waals surface area contributed by atoms with Gasteiger partial charge in [-0.3, -0.25) is 4.68 Å². The number of benzene rings is 1. The van der Waals surface area contributed by atoms with Gasteiger partial charge in [0.2, 0.25) is 0 Å². The van der Waals surface area contributed by atoms with Crippen LogP contribution in [0.2, 0.25) is 0 Å². The fourth-order valence-corrected chi connectivity index (χ4v) is 2.48. The minimum atomic E-state index is 0.0653. The first-order valence-corrected chi connectivity index (χ1v) is 5.61. The topological polar surface area (TPSA) is 43.8 Å². The third kappa shape index (κ3) is 1.36. The van der Waals surface area contributed by atoms with Crippen molar-refractivity contribution in [3.8, 4) is 0 Å². The van der Waals surface area contributed by atoms with Crippen LogP contribution in [0.4, 0.5) is 0 Å². The van der Waals surface area contributed by atoms with Crippen LogP contribution in [-0.4, -0.2) is 9.78 Å². The Morgan fingerprint density at radius 3 is 2.81 bits per heavy atom. The van der Waals surface area contributed by atoms with Gasteiger partial charge in [0.05, 0.1) is 17.8 Å². The molecule has 0 bridgehead atoms. The van der Waals surface area contributed by atoms with E-state index < -0.39 is 0 Å². The molecule has 1 aliphatic carbocycles. The van der Waals surface area contributed by atoms with Crippen molar-refractivity contribution in [2.75, 3.05) is 0 Å². The van der Waals surface area contributed by atoms with Crippen molar-refractivity contribution in [1.82, 2.24) is 9.78 Å². The second-order valence-corrected chi connectivity index (χ2v) is 4.43. The van der Waals surface area contributed by atoms with Gasteiger partial charge in [0, 0.05) is 6.20 Å². The van der Waals surface area contributed by atoms with Gasteiger partial charge in [0.1, 0.15) is 0 Å². The minimum absolute atomic E-state index is 0.0653. The van der Waals surface area contributed by atoms with Gasteiger partial charge >= 0.3 is 0 Å². The molecule has 2 atom stereocenters. The molecule has 2 N–H and O–H groups in total. The zero-order chi connectivity index (χ0) is 11.1. The molecule has 2 aromatic rings. The number of aryl methyl sites for hydroxylation is 1. The molecular weight excluding hydrogens is 198 g/mol. The smallest absolute Gasteiger partial charge is 0.0752 e. The van der Waals surface area contributed by atoms with Crippen LogP contribution >= 0.6 is 0 Å². The Labute approximate surface area is 94.9 Å². The van der Waals surface area contributed by atoms with Crippen LogP contribution in [0.5, 0.6) is 0 Å². The number of nitrogens with two attached hydrogens (primary N) is 1. The average Bonchev–Trinajstić information content (AvgIpc) is 2.84. The molecule has 2 unspecified atom stereocenters. The average molecular weight is 213 g/mol. The number of hydrogen-bond acceptors (Lipinski definition) is 2. The molecule has 0 amide bonds. The zero-order valence-corrected chi connectivity index (χ0v) is 9.30. The second kappa shape index (κ2) is 3.46. The van der Waals surface area contributed by atoms with Crippen LogP contribution in [0.1, 0.15) is 28.9 Å². The lowest BCUT2D eigenvalue weighted by molar-refractivity contribution is 0.409. The summed E-state index contributed by atoms with van der Waals surface area (Å²) in [6.45, 7) is 2.00. The van der Waals surface area contributed by atoms with E-state index in [0.29, 0.717) is 0 Å². The lowest BCUT2D eigenvalue weighted by Crippen LogP contribution is -2.21. The fraction of sp³-hybridized carbons (Fsp3) is 0.308. The Hall–Kier alpha value is -1.61. The van der Waals surface area contributed by atoms with E-state index in [2.05, 4.69) is 29.4 Å². The molecule has 0 radical (unpaired) electrons. The SMILES string of the molecule is Cc1ccn(C2Cc3ccccc3C2N)n1. The molecule has 0 spiro atoms. The Kier molecular flexibility index (Phi) is 2.07. The predicted molar refractivity (Wildman–Crippen MR) is 63.1 cm³/mol. The summed E-state index contributed by atoms with van der Waals surface area (Å²) in [6, 6.07) is 10.8. The van der Waals surface area contributed by atoms with Gasteiger partial charge in [-0.05, 0) is 30.5 Å². The lowest BCUT2D eigenvalue weighted by atomic mass is 10.1. The molecule has 0 fully saturated rings. The highest BCUT2D eigenvalue weighted by molar-refractivity contribution is 5.36. The van der Waals surface area contributed by atoms with Crippen LogP contribution in [0.3, 0.4) is 0 Å². The normalized spacial score (nSPS) is 23.4. The molecule has 1 aliphatic rings. The van der Waals surface area contributed by atoms with Crippen molar-refractivity contribution in [1.29, 1.82) is 0 Å². The van der Waals surface area contributed by atoms with E-state index in [1.807, 2.05) is 23.9 Å². The maximum Gasteiger partial charge on any atom is 0.0752 e. The van der Waals surface area contributed by atoms with Gasteiger partial charge in [-0.1, -0.05) is 24.3 Å². The summed E-state index contributed by atoms with van der Waals surface area (Å²) in [4.78, 5) is 0. The largest absolute Gasteiger partial charge is 0.322 e. The van der Waals surface area contributed by atoms with E-state index in [1.54, 1.807) is 0 Å². The van der Waals surface area contributed by atoms with Gasteiger partial charge < -0.3 is 5.73 Å². The first-order valence-electron chi connectivity index (χ1n) is 5.61. The van der Waals surface area contributed by atoms with Crippen molar-refractivity contribution < 1.29 is 0 Å². The number of fused-ring (bicyclic) bond motifs is 1. The molecule has 82 valence electrons. The highest BCUT2D eigenvalue weighted by atomic mass is 15.3. The summed E-state index contributed by atoms with van der Waals surface area (Å²) < 4.78 is 2.00. The Bertz CT molecular complexity index is 515. The maximum absolute atomic E-state index is 6.27. The number of nitrogens with zero attached hydrogens (tertiary/aromatic N) is 2. The number of rotatable bonds is 1. The van der Waals surface area contributed by atoms with E-state index in [9.17, 15) is 0 Å². The summed E-state index contributed by atoms with van der Waals surface area (Å²) in [6.07, 6.45) is 3.00. The van der Waals surface area contributed by atoms with Gasteiger partial charge in [0.25, 0.3) is 0 Å². The van der Waals surface area contributed by atoms with Gasteiger partial charge in [0.15, 0.2) is 0 Å². The molecule has 3 rings (SSSR count). The number of aromatic nitrogens is 2. The van der Waals surface area contributed by atoms with E-state index in [4.69, 9.17) is 5.73 Å². The van der Waals surface area contributed by atoms with Crippen LogP contribution in [0.15, 0.2) is 36.5 Å². The molecule has 3 nitrogen and oxygen atoms in total. The van der Waals surface area contributed by atoms with E-state index in [-0.39, 0.29) is 12.1 Å². The van der Waals surface area contributed by atoms with Crippen LogP contribution in [0, 0.1) is 6.92 Å². The van der Waals surface area contributed by atoms with Crippen LogP contribution in [0.25, 0.3) is 0 Å². The Morgan fingerprint density at radius 1 is 1.31 bits per heavy atom. The van der Waals surface area contributed by atoms with Crippen molar-refractivity contribution in [3.05, 3.63) is 53.3 Å². The summed E-state index contributed by atoms with van der Waals surface area (Å²) in [7, 11) is 0. The summed E-state index contributed by atoms with van der Waals surface area (Å²) >= 11 is 0. The van der Waals surface area contributed by atoms with Gasteiger partial charge in [-0.2, -0.15) is 5.10 Å². The van der Waals surface area contributed by atoms with Crippen molar-refractivity contribution in [3.63, 3.8) is 0 Å². The molecule has 1 aromatic heterocycles. The molecule has 0 saturated carbocycles. The molecular formula is C13H15N3. The Morgan fingerprint density at radius 2 is 2.12 bits per heavy atom. The fourth-order valence-electron chi connectivity index (χ4n) is 2.48. The van der Waals surface area contributed by atoms with E-state index in [1.165, 1.54) is 11.1 Å². The van der Waals surface area contributed by atoms with Crippen molar-refractivity contribution in [2.45, 2.75) is 25.4 Å². The van der Waals surface area contributed by atoms with Crippen LogP contribution in [-0.2, 0) is 6.42 Å². The van der Waals surface area contributed by atoms with Gasteiger partial charge in [-0.25, -0.2) is 0 Å². The van der Waals surface area contributed by atoms with E-state index in [0.717, 1.165) is 12.1 Å². The molecule has 3 heteroatoms. The highest BCUT2D eigenvalue weighted by Gasteiger charge is 2.30. The zero-order valence-electron chi connectivity index (χ0n) is 9.30. The third-order valence-electron chi connectivity index (χ3n) is 3.34. The quantitative estimate of drug-likeness (QED) is 0.787. The molecule has 1 aromatic carbocycles. The predicted octanol–water partition coefficient (Wildman–Crippen LogP) is 1.99. The first-order chi connectivity index (χ1) is 7.75. The summed E-state index contributed by atoms with van der Waals surface area (Å²) in [5, 5.41) is 4.46. The molecule has 16 heavy (non-hydrogen) atoms. The monoisotopic (exact) mass is 213 g/mol. The third-order valence-corrected chi connectivity index (χ3v) is 3.34. The molecule has 0 saturated heterocycles. The number of hydrogen-bond donors (Lipinski definition) is 1.